The van der Waals surface area contributed by atoms with Gasteiger partial charge >= 0.3 is 12.1 Å². The monoisotopic (exact) mass is 555 g/mol. The van der Waals surface area contributed by atoms with Crippen LogP contribution in [0.5, 0.6) is 0 Å². The SMILES string of the molecule is Cc1noc(-c2ccc(-c3ccc(C4(C(=O)O)CC4)cc3)c3cc[nH]c23)c1NC(=O)OC(C)c1ccccc1Cl. The summed E-state index contributed by atoms with van der Waals surface area (Å²) >= 11 is 6.26. The summed E-state index contributed by atoms with van der Waals surface area (Å²) in [6.07, 6.45) is 1.94. The van der Waals surface area contributed by atoms with Crippen molar-refractivity contribution in [1.29, 1.82) is 0 Å². The number of anilines is 1. The maximum absolute atomic E-state index is 12.8. The summed E-state index contributed by atoms with van der Waals surface area (Å²) in [5, 5.41) is 18.0. The molecule has 0 saturated heterocycles. The van der Waals surface area contributed by atoms with Crippen molar-refractivity contribution in [3.8, 4) is 22.5 Å². The number of carboxylic acid groups (broad SMARTS) is 1. The fraction of sp³-hybridized carbons (Fsp3) is 0.194. The molecular weight excluding hydrogens is 530 g/mol. The summed E-state index contributed by atoms with van der Waals surface area (Å²) in [6.45, 7) is 3.49. The first-order valence-electron chi connectivity index (χ1n) is 12.9. The van der Waals surface area contributed by atoms with Crippen LogP contribution < -0.4 is 5.32 Å². The molecule has 1 fully saturated rings. The molecular formula is C31H26ClN3O5. The Balaban J connectivity index is 1.28. The average Bonchev–Trinajstić information content (AvgIpc) is 3.49. The molecule has 3 N–H and O–H groups in total. The number of nitrogens with one attached hydrogen (secondary N) is 2. The number of aryl methyl sites for hydroxylation is 1. The summed E-state index contributed by atoms with van der Waals surface area (Å²) in [7, 11) is 0. The zero-order chi connectivity index (χ0) is 28.0. The minimum absolute atomic E-state index is 0.395. The van der Waals surface area contributed by atoms with Gasteiger partial charge in [-0.05, 0) is 61.6 Å². The van der Waals surface area contributed by atoms with Crippen LogP contribution in [-0.2, 0) is 14.9 Å². The van der Waals surface area contributed by atoms with Gasteiger partial charge in [0.2, 0.25) is 0 Å². The topological polar surface area (TPSA) is 117 Å². The first-order chi connectivity index (χ1) is 19.3. The number of nitrogens with zero attached hydrogens (tertiary/aromatic N) is 1. The van der Waals surface area contributed by atoms with Crippen LogP contribution in [0.2, 0.25) is 5.02 Å². The number of carbonyl (C=O) groups excluding carboxylic acids is 1. The lowest BCUT2D eigenvalue weighted by Gasteiger charge is -2.15. The molecule has 8 nitrogen and oxygen atoms in total. The minimum atomic E-state index is -0.772. The molecule has 1 atom stereocenters. The second-order valence-electron chi connectivity index (χ2n) is 10.1. The molecule has 0 bridgehead atoms. The lowest BCUT2D eigenvalue weighted by atomic mass is 9.92. The van der Waals surface area contributed by atoms with Crippen molar-refractivity contribution in [1.82, 2.24) is 10.1 Å². The van der Waals surface area contributed by atoms with Gasteiger partial charge in [0.15, 0.2) is 5.76 Å². The van der Waals surface area contributed by atoms with E-state index >= 15 is 0 Å². The normalized spacial score (nSPS) is 14.6. The largest absolute Gasteiger partial charge is 0.481 e. The van der Waals surface area contributed by atoms with E-state index in [9.17, 15) is 14.7 Å². The number of aliphatic carboxylic acids is 1. The molecule has 1 aliphatic carbocycles. The number of amides is 1. The second-order valence-corrected chi connectivity index (χ2v) is 10.5. The van der Waals surface area contributed by atoms with Crippen LogP contribution in [-0.4, -0.2) is 27.3 Å². The number of carboxylic acids is 1. The van der Waals surface area contributed by atoms with E-state index in [1.54, 1.807) is 19.9 Å². The van der Waals surface area contributed by atoms with Crippen molar-refractivity contribution < 1.29 is 24.0 Å². The Morgan fingerprint density at radius 1 is 1.07 bits per heavy atom. The van der Waals surface area contributed by atoms with Crippen molar-refractivity contribution in [2.24, 2.45) is 0 Å². The number of aromatic amines is 1. The predicted molar refractivity (Wildman–Crippen MR) is 152 cm³/mol. The number of ether oxygens (including phenoxy) is 1. The number of hydrogen-bond donors (Lipinski definition) is 3. The molecule has 3 aromatic carbocycles. The van der Waals surface area contributed by atoms with E-state index in [2.05, 4.69) is 15.5 Å². The van der Waals surface area contributed by atoms with Crippen molar-refractivity contribution in [3.63, 3.8) is 0 Å². The third-order valence-electron chi connectivity index (χ3n) is 7.59. The van der Waals surface area contributed by atoms with Crippen molar-refractivity contribution >= 4 is 40.3 Å². The first kappa shape index (κ1) is 25.7. The number of carbonyl (C=O) groups is 2. The third kappa shape index (κ3) is 4.40. The van der Waals surface area contributed by atoms with E-state index < -0.39 is 23.6 Å². The van der Waals surface area contributed by atoms with Gasteiger partial charge in [0.1, 0.15) is 17.5 Å². The molecule has 1 unspecified atom stereocenters. The summed E-state index contributed by atoms with van der Waals surface area (Å²) in [5.74, 6) is -0.377. The highest BCUT2D eigenvalue weighted by Crippen LogP contribution is 2.49. The van der Waals surface area contributed by atoms with Crippen molar-refractivity contribution in [2.45, 2.75) is 38.2 Å². The van der Waals surface area contributed by atoms with E-state index in [-0.39, 0.29) is 0 Å². The number of fused-ring (bicyclic) bond motifs is 1. The zero-order valence-corrected chi connectivity index (χ0v) is 22.6. The van der Waals surface area contributed by atoms with E-state index in [0.29, 0.717) is 40.6 Å². The van der Waals surface area contributed by atoms with Crippen LogP contribution in [0.4, 0.5) is 10.5 Å². The van der Waals surface area contributed by atoms with E-state index in [4.69, 9.17) is 20.9 Å². The lowest BCUT2D eigenvalue weighted by molar-refractivity contribution is -0.140. The summed E-state index contributed by atoms with van der Waals surface area (Å²) in [4.78, 5) is 27.9. The van der Waals surface area contributed by atoms with E-state index in [0.717, 1.165) is 33.2 Å². The van der Waals surface area contributed by atoms with Crippen LogP contribution in [0.1, 0.15) is 42.7 Å². The molecule has 9 heteroatoms. The number of benzene rings is 3. The Hall–Kier alpha value is -4.56. The van der Waals surface area contributed by atoms with Crippen LogP contribution >= 0.6 is 11.6 Å². The minimum Gasteiger partial charge on any atom is -0.481 e. The quantitative estimate of drug-likeness (QED) is 0.188. The molecule has 0 aliphatic heterocycles. The summed E-state index contributed by atoms with van der Waals surface area (Å²) in [6, 6.07) is 20.8. The third-order valence-corrected chi connectivity index (χ3v) is 7.94. The molecule has 5 aromatic rings. The van der Waals surface area contributed by atoms with Crippen LogP contribution in [0.25, 0.3) is 33.4 Å². The van der Waals surface area contributed by atoms with E-state index in [1.165, 1.54) is 0 Å². The van der Waals surface area contributed by atoms with Gasteiger partial charge in [-0.25, -0.2) is 4.79 Å². The van der Waals surface area contributed by atoms with Crippen LogP contribution in [0, 0.1) is 6.92 Å². The maximum atomic E-state index is 12.8. The summed E-state index contributed by atoms with van der Waals surface area (Å²) < 4.78 is 11.3. The van der Waals surface area contributed by atoms with Gasteiger partial charge < -0.3 is 19.4 Å². The lowest BCUT2D eigenvalue weighted by Crippen LogP contribution is -2.19. The van der Waals surface area contributed by atoms with Gasteiger partial charge in [0.25, 0.3) is 0 Å². The van der Waals surface area contributed by atoms with Crippen molar-refractivity contribution in [2.75, 3.05) is 5.32 Å². The molecule has 6 rings (SSSR count). The van der Waals surface area contributed by atoms with Gasteiger partial charge in [0.05, 0.1) is 10.9 Å². The summed E-state index contributed by atoms with van der Waals surface area (Å²) in [5.41, 5.74) is 5.17. The number of rotatable bonds is 7. The number of hydrogen-bond acceptors (Lipinski definition) is 5. The van der Waals surface area contributed by atoms with Gasteiger partial charge in [-0.2, -0.15) is 0 Å². The van der Waals surface area contributed by atoms with Gasteiger partial charge in [-0.15, -0.1) is 0 Å². The molecule has 40 heavy (non-hydrogen) atoms. The first-order valence-corrected chi connectivity index (χ1v) is 13.3. The van der Waals surface area contributed by atoms with Crippen LogP contribution in [0.15, 0.2) is 77.4 Å². The van der Waals surface area contributed by atoms with E-state index in [1.807, 2.05) is 66.9 Å². The maximum Gasteiger partial charge on any atom is 0.412 e. The Bertz CT molecular complexity index is 1750. The standard InChI is InChI=1S/C31H26ClN3O5/c1-17-26(34-30(38)39-18(2)21-5-3-4-6-25(21)32)28(40-35-17)24-12-11-22(23-13-16-33-27(23)24)19-7-9-20(10-8-19)31(14-15-31)29(36)37/h3-13,16,18,33H,14-15H2,1-2H3,(H,34,38)(H,36,37). The molecule has 0 spiro atoms. The predicted octanol–water partition coefficient (Wildman–Crippen LogP) is 7.88. The number of halogens is 1. The fourth-order valence-corrected chi connectivity index (χ4v) is 5.47. The number of aromatic nitrogens is 2. The highest BCUT2D eigenvalue weighted by molar-refractivity contribution is 6.31. The Kier molecular flexibility index (Phi) is 6.35. The fourth-order valence-electron chi connectivity index (χ4n) is 5.18. The average molecular weight is 556 g/mol. The highest BCUT2D eigenvalue weighted by Gasteiger charge is 2.51. The van der Waals surface area contributed by atoms with Crippen LogP contribution in [0.3, 0.4) is 0 Å². The van der Waals surface area contributed by atoms with Gasteiger partial charge in [0, 0.05) is 27.7 Å². The second kappa shape index (κ2) is 9.88. The molecule has 202 valence electrons. The Morgan fingerprint density at radius 2 is 1.80 bits per heavy atom. The Morgan fingerprint density at radius 3 is 2.50 bits per heavy atom. The van der Waals surface area contributed by atoms with Gasteiger partial charge in [-0.3, -0.25) is 10.1 Å². The molecule has 1 aliphatic rings. The zero-order valence-electron chi connectivity index (χ0n) is 21.8. The van der Waals surface area contributed by atoms with Crippen molar-refractivity contribution in [3.05, 3.63) is 94.8 Å². The number of H-pyrrole nitrogens is 1. The molecule has 2 aromatic heterocycles. The highest BCUT2D eigenvalue weighted by atomic mass is 35.5. The molecule has 2 heterocycles. The van der Waals surface area contributed by atoms with Gasteiger partial charge in [-0.1, -0.05) is 65.3 Å². The Labute approximate surface area is 234 Å². The smallest absolute Gasteiger partial charge is 0.412 e. The molecule has 0 radical (unpaired) electrons. The molecule has 1 saturated carbocycles. The molecule has 1 amide bonds.